The van der Waals surface area contributed by atoms with Crippen molar-refractivity contribution in [1.82, 2.24) is 14.5 Å². The quantitative estimate of drug-likeness (QED) is 0.756. The zero-order valence-corrected chi connectivity index (χ0v) is 10.9. The van der Waals surface area contributed by atoms with E-state index in [-0.39, 0.29) is 12.4 Å². The Kier molecular flexibility index (Phi) is 3.35. The van der Waals surface area contributed by atoms with Crippen LogP contribution in [0.2, 0.25) is 0 Å². The third kappa shape index (κ3) is 2.35. The summed E-state index contributed by atoms with van der Waals surface area (Å²) in [6.45, 7) is 0.519. The molecule has 0 aliphatic carbocycles. The Morgan fingerprint density at radius 3 is 2.65 bits per heavy atom. The number of phenolic OH excluding ortho intramolecular Hbond substituents is 1. The van der Waals surface area contributed by atoms with Gasteiger partial charge in [-0.25, -0.2) is 9.97 Å². The van der Waals surface area contributed by atoms with Gasteiger partial charge in [-0.3, -0.25) is 0 Å². The van der Waals surface area contributed by atoms with Crippen LogP contribution >= 0.6 is 0 Å². The summed E-state index contributed by atoms with van der Waals surface area (Å²) in [6.07, 6.45) is 2.36. The van der Waals surface area contributed by atoms with Gasteiger partial charge in [-0.05, 0) is 29.8 Å². The van der Waals surface area contributed by atoms with Gasteiger partial charge in [0.1, 0.15) is 17.1 Å². The molecule has 5 nitrogen and oxygen atoms in total. The molecule has 0 spiro atoms. The summed E-state index contributed by atoms with van der Waals surface area (Å²) in [7, 11) is 0. The molecule has 0 aliphatic heterocycles. The number of hydrogen-bond donors (Lipinski definition) is 2. The van der Waals surface area contributed by atoms with Gasteiger partial charge in [0.25, 0.3) is 0 Å². The summed E-state index contributed by atoms with van der Waals surface area (Å²) in [6, 6.07) is 10.8. The molecule has 0 amide bonds. The number of pyridine rings is 1. The summed E-state index contributed by atoms with van der Waals surface area (Å²) < 4.78 is 1.93. The molecule has 1 aromatic carbocycles. The van der Waals surface area contributed by atoms with Crippen molar-refractivity contribution in [3.63, 3.8) is 0 Å². The lowest BCUT2D eigenvalue weighted by molar-refractivity contribution is 0.276. The van der Waals surface area contributed by atoms with Crippen LogP contribution in [-0.2, 0) is 13.0 Å². The van der Waals surface area contributed by atoms with Crippen molar-refractivity contribution in [3.05, 3.63) is 54.0 Å². The monoisotopic (exact) mass is 269 g/mol. The van der Waals surface area contributed by atoms with Crippen LogP contribution in [0, 0.1) is 0 Å². The van der Waals surface area contributed by atoms with E-state index in [4.69, 9.17) is 0 Å². The maximum atomic E-state index is 9.31. The van der Waals surface area contributed by atoms with Crippen LogP contribution in [0.4, 0.5) is 0 Å². The highest BCUT2D eigenvalue weighted by atomic mass is 16.3. The Morgan fingerprint density at radius 2 is 1.90 bits per heavy atom. The standard InChI is InChI=1S/C15H15N3O2/c19-9-8-18-14(10-11-3-5-12(20)6-4-11)17-13-2-1-7-16-15(13)18/h1-7,19-20H,8-10H2. The third-order valence-corrected chi connectivity index (χ3v) is 3.21. The second-order valence-electron chi connectivity index (χ2n) is 4.59. The van der Waals surface area contributed by atoms with E-state index in [1.54, 1.807) is 18.3 Å². The number of aromatic hydroxyl groups is 1. The predicted octanol–water partition coefficient (Wildman–Crippen LogP) is 1.72. The van der Waals surface area contributed by atoms with Crippen LogP contribution in [0.5, 0.6) is 5.75 Å². The molecule has 0 fully saturated rings. The number of imidazole rings is 1. The van der Waals surface area contributed by atoms with E-state index in [0.717, 1.165) is 22.6 Å². The molecule has 20 heavy (non-hydrogen) atoms. The number of aliphatic hydroxyl groups excluding tert-OH is 1. The first kappa shape index (κ1) is 12.6. The topological polar surface area (TPSA) is 71.2 Å². The Balaban J connectivity index is 2.01. The highest BCUT2D eigenvalue weighted by Crippen LogP contribution is 2.18. The van der Waals surface area contributed by atoms with Crippen LogP contribution in [0.25, 0.3) is 11.2 Å². The maximum absolute atomic E-state index is 9.31. The number of rotatable bonds is 4. The highest BCUT2D eigenvalue weighted by molar-refractivity contribution is 5.71. The largest absolute Gasteiger partial charge is 0.508 e. The summed E-state index contributed by atoms with van der Waals surface area (Å²) in [4.78, 5) is 8.90. The van der Waals surface area contributed by atoms with Crippen molar-refractivity contribution < 1.29 is 10.2 Å². The molecular weight excluding hydrogens is 254 g/mol. The van der Waals surface area contributed by atoms with Crippen molar-refractivity contribution in [2.45, 2.75) is 13.0 Å². The number of phenols is 1. The lowest BCUT2D eigenvalue weighted by Gasteiger charge is -2.06. The fraction of sp³-hybridized carbons (Fsp3) is 0.200. The van der Waals surface area contributed by atoms with Crippen LogP contribution in [-0.4, -0.2) is 31.4 Å². The Morgan fingerprint density at radius 1 is 1.10 bits per heavy atom. The molecule has 0 saturated carbocycles. The number of benzene rings is 1. The molecular formula is C15H15N3O2. The maximum Gasteiger partial charge on any atom is 0.160 e. The van der Waals surface area contributed by atoms with E-state index in [2.05, 4.69) is 9.97 Å². The highest BCUT2D eigenvalue weighted by Gasteiger charge is 2.11. The second kappa shape index (κ2) is 5.30. The molecule has 0 radical (unpaired) electrons. The average Bonchev–Trinajstić information content (AvgIpc) is 2.80. The summed E-state index contributed by atoms with van der Waals surface area (Å²) in [5.74, 6) is 1.11. The minimum atomic E-state index is 0.0462. The normalized spacial score (nSPS) is 11.1. The molecule has 5 heteroatoms. The first-order valence-corrected chi connectivity index (χ1v) is 6.47. The van der Waals surface area contributed by atoms with Gasteiger partial charge < -0.3 is 14.8 Å². The number of aromatic nitrogens is 3. The fourth-order valence-electron chi connectivity index (χ4n) is 2.27. The molecule has 3 aromatic rings. The molecule has 0 aliphatic rings. The number of fused-ring (bicyclic) bond motifs is 1. The van der Waals surface area contributed by atoms with Gasteiger partial charge in [0.2, 0.25) is 0 Å². The third-order valence-electron chi connectivity index (χ3n) is 3.21. The van der Waals surface area contributed by atoms with Crippen LogP contribution in [0.15, 0.2) is 42.6 Å². The first-order chi connectivity index (χ1) is 9.78. The number of aliphatic hydroxyl groups is 1. The molecule has 0 saturated heterocycles. The zero-order chi connectivity index (χ0) is 13.9. The molecule has 102 valence electrons. The van der Waals surface area contributed by atoms with Crippen molar-refractivity contribution in [2.24, 2.45) is 0 Å². The van der Waals surface area contributed by atoms with Crippen molar-refractivity contribution >= 4 is 11.2 Å². The molecule has 2 N–H and O–H groups in total. The predicted molar refractivity (Wildman–Crippen MR) is 75.5 cm³/mol. The average molecular weight is 269 g/mol. The van der Waals surface area contributed by atoms with Crippen LogP contribution in [0.1, 0.15) is 11.4 Å². The lowest BCUT2D eigenvalue weighted by Crippen LogP contribution is -2.08. The molecule has 0 atom stereocenters. The molecule has 3 rings (SSSR count). The van der Waals surface area contributed by atoms with E-state index >= 15 is 0 Å². The van der Waals surface area contributed by atoms with Crippen molar-refractivity contribution in [1.29, 1.82) is 0 Å². The van der Waals surface area contributed by atoms with E-state index in [1.807, 2.05) is 28.8 Å². The summed E-state index contributed by atoms with van der Waals surface area (Å²) in [5, 5.41) is 18.5. The SMILES string of the molecule is OCCn1c(Cc2ccc(O)cc2)nc2cccnc21. The van der Waals surface area contributed by atoms with Gasteiger partial charge in [-0.1, -0.05) is 12.1 Å². The first-order valence-electron chi connectivity index (χ1n) is 6.47. The van der Waals surface area contributed by atoms with Crippen LogP contribution in [0.3, 0.4) is 0 Å². The van der Waals surface area contributed by atoms with E-state index in [1.165, 1.54) is 0 Å². The van der Waals surface area contributed by atoms with Crippen molar-refractivity contribution in [2.75, 3.05) is 6.61 Å². The molecule has 0 bridgehead atoms. The van der Waals surface area contributed by atoms with Gasteiger partial charge in [0, 0.05) is 19.2 Å². The van der Waals surface area contributed by atoms with E-state index < -0.39 is 0 Å². The molecule has 2 heterocycles. The van der Waals surface area contributed by atoms with Gasteiger partial charge in [-0.2, -0.15) is 0 Å². The smallest absolute Gasteiger partial charge is 0.160 e. The van der Waals surface area contributed by atoms with Crippen LogP contribution < -0.4 is 0 Å². The Bertz CT molecular complexity index is 720. The fourth-order valence-corrected chi connectivity index (χ4v) is 2.27. The molecule has 0 unspecified atom stereocenters. The Labute approximate surface area is 116 Å². The lowest BCUT2D eigenvalue weighted by atomic mass is 10.1. The second-order valence-corrected chi connectivity index (χ2v) is 4.59. The summed E-state index contributed by atoms with van der Waals surface area (Å²) in [5.41, 5.74) is 2.67. The minimum Gasteiger partial charge on any atom is -0.508 e. The van der Waals surface area contributed by atoms with Gasteiger partial charge in [-0.15, -0.1) is 0 Å². The minimum absolute atomic E-state index is 0.0462. The van der Waals surface area contributed by atoms with Crippen molar-refractivity contribution in [3.8, 4) is 5.75 Å². The van der Waals surface area contributed by atoms with Gasteiger partial charge >= 0.3 is 0 Å². The van der Waals surface area contributed by atoms with E-state index in [9.17, 15) is 10.2 Å². The van der Waals surface area contributed by atoms with E-state index in [0.29, 0.717) is 13.0 Å². The zero-order valence-electron chi connectivity index (χ0n) is 10.9. The van der Waals surface area contributed by atoms with Gasteiger partial charge in [0.15, 0.2) is 5.65 Å². The van der Waals surface area contributed by atoms with Gasteiger partial charge in [0.05, 0.1) is 6.61 Å². The Hall–Kier alpha value is -2.40. The number of hydrogen-bond acceptors (Lipinski definition) is 4. The number of nitrogens with zero attached hydrogens (tertiary/aromatic N) is 3. The molecule has 2 aromatic heterocycles. The summed E-state index contributed by atoms with van der Waals surface area (Å²) >= 11 is 0.